The zero-order chi connectivity index (χ0) is 14.0. The summed E-state index contributed by atoms with van der Waals surface area (Å²) in [5.41, 5.74) is 0. The quantitative estimate of drug-likeness (QED) is 0.855. The van der Waals surface area contributed by atoms with Crippen LogP contribution in [-0.2, 0) is 10.0 Å². The van der Waals surface area contributed by atoms with Crippen molar-refractivity contribution < 1.29 is 12.8 Å². The second-order valence-corrected chi connectivity index (χ2v) is 6.35. The number of nitrogens with one attached hydrogen (secondary N) is 1. The summed E-state index contributed by atoms with van der Waals surface area (Å²) in [4.78, 5) is 0.969. The lowest BCUT2D eigenvalue weighted by molar-refractivity contribution is 0.469. The zero-order valence-corrected chi connectivity index (χ0v) is 11.4. The van der Waals surface area contributed by atoms with Crippen LogP contribution in [0.3, 0.4) is 0 Å². The summed E-state index contributed by atoms with van der Waals surface area (Å²) in [6.07, 6.45) is 2.45. The molecule has 2 rings (SSSR count). The average molecular weight is 304 g/mol. The molecule has 1 saturated heterocycles. The Kier molecular flexibility index (Phi) is 3.94. The van der Waals surface area contributed by atoms with E-state index in [0.717, 1.165) is 12.1 Å². The van der Waals surface area contributed by atoms with Gasteiger partial charge < -0.3 is 4.90 Å². The number of hydrogen-bond donors (Lipinski definition) is 1. The molecule has 1 aromatic rings. The maximum absolute atomic E-state index is 13.5. The summed E-state index contributed by atoms with van der Waals surface area (Å²) >= 11 is 5.67. The van der Waals surface area contributed by atoms with Gasteiger partial charge in [0.2, 0.25) is 10.0 Å². The van der Waals surface area contributed by atoms with Crippen LogP contribution in [0.1, 0.15) is 6.42 Å². The van der Waals surface area contributed by atoms with E-state index in [1.807, 2.05) is 6.19 Å². The van der Waals surface area contributed by atoms with E-state index in [4.69, 9.17) is 16.9 Å². The van der Waals surface area contributed by atoms with Gasteiger partial charge in [0.15, 0.2) is 6.19 Å². The van der Waals surface area contributed by atoms with E-state index in [1.54, 1.807) is 0 Å². The van der Waals surface area contributed by atoms with Crippen molar-refractivity contribution in [3.63, 3.8) is 0 Å². The molecule has 1 heterocycles. The molecule has 19 heavy (non-hydrogen) atoms. The first kappa shape index (κ1) is 14.1. The fourth-order valence-electron chi connectivity index (χ4n) is 1.91. The average Bonchev–Trinajstić information content (AvgIpc) is 2.79. The van der Waals surface area contributed by atoms with Crippen molar-refractivity contribution >= 4 is 21.6 Å². The highest BCUT2D eigenvalue weighted by atomic mass is 35.5. The van der Waals surface area contributed by atoms with Crippen molar-refractivity contribution in [3.8, 4) is 6.19 Å². The lowest BCUT2D eigenvalue weighted by atomic mass is 10.3. The van der Waals surface area contributed by atoms with Crippen LogP contribution in [0, 0.1) is 17.3 Å². The second-order valence-electron chi connectivity index (χ2n) is 4.23. The van der Waals surface area contributed by atoms with E-state index in [-0.39, 0.29) is 11.6 Å². The number of likely N-dealkylation sites (tertiary alicyclic amines) is 1. The number of halogens is 2. The first-order chi connectivity index (χ1) is 8.92. The van der Waals surface area contributed by atoms with E-state index in [9.17, 15) is 12.8 Å². The van der Waals surface area contributed by atoms with Crippen LogP contribution in [-0.4, -0.2) is 32.4 Å². The molecular formula is C11H11ClFN3O2S. The van der Waals surface area contributed by atoms with E-state index in [1.165, 1.54) is 11.0 Å². The predicted molar refractivity (Wildman–Crippen MR) is 67.3 cm³/mol. The molecular weight excluding hydrogens is 293 g/mol. The maximum Gasteiger partial charge on any atom is 0.243 e. The largest absolute Gasteiger partial charge is 0.309 e. The molecule has 1 aliphatic rings. The molecule has 1 aliphatic heterocycles. The van der Waals surface area contributed by atoms with Crippen LogP contribution in [0.15, 0.2) is 23.1 Å². The van der Waals surface area contributed by atoms with E-state index >= 15 is 0 Å². The van der Waals surface area contributed by atoms with Crippen LogP contribution in [0.25, 0.3) is 0 Å². The Morgan fingerprint density at radius 2 is 2.26 bits per heavy atom. The zero-order valence-electron chi connectivity index (χ0n) is 9.81. The molecule has 0 aromatic heterocycles. The Hall–Kier alpha value is -1.36. The van der Waals surface area contributed by atoms with Crippen molar-refractivity contribution in [1.82, 2.24) is 9.62 Å². The van der Waals surface area contributed by atoms with Gasteiger partial charge in [0.25, 0.3) is 0 Å². The molecule has 0 spiro atoms. The number of nitriles is 1. The van der Waals surface area contributed by atoms with E-state index in [0.29, 0.717) is 13.0 Å². The number of rotatable bonds is 3. The van der Waals surface area contributed by atoms with Gasteiger partial charge in [0.1, 0.15) is 10.7 Å². The van der Waals surface area contributed by atoms with Crippen molar-refractivity contribution in [1.29, 1.82) is 5.26 Å². The molecule has 1 fully saturated rings. The fraction of sp³-hybridized carbons (Fsp3) is 0.364. The number of nitrogens with zero attached hydrogens (tertiary/aromatic N) is 2. The highest BCUT2D eigenvalue weighted by molar-refractivity contribution is 7.89. The molecule has 0 bridgehead atoms. The number of sulfonamides is 1. The number of benzene rings is 1. The molecule has 0 radical (unpaired) electrons. The Balaban J connectivity index is 2.20. The summed E-state index contributed by atoms with van der Waals surface area (Å²) in [6.45, 7) is 0.777. The molecule has 1 unspecified atom stereocenters. The molecule has 1 aromatic carbocycles. The molecule has 102 valence electrons. The van der Waals surface area contributed by atoms with Gasteiger partial charge in [-0.15, -0.1) is 0 Å². The molecule has 0 amide bonds. The topological polar surface area (TPSA) is 73.2 Å². The van der Waals surface area contributed by atoms with Gasteiger partial charge in [-0.2, -0.15) is 5.26 Å². The minimum absolute atomic E-state index is 0.145. The monoisotopic (exact) mass is 303 g/mol. The molecule has 5 nitrogen and oxygen atoms in total. The third kappa shape index (κ3) is 3.15. The summed E-state index contributed by atoms with van der Waals surface area (Å²) in [7, 11) is -3.97. The predicted octanol–water partition coefficient (Wildman–Crippen LogP) is 1.31. The Bertz CT molecular complexity index is 629. The summed E-state index contributed by atoms with van der Waals surface area (Å²) in [6, 6.07) is 2.95. The third-order valence-electron chi connectivity index (χ3n) is 2.83. The van der Waals surface area contributed by atoms with Crippen LogP contribution in [0.5, 0.6) is 0 Å². The van der Waals surface area contributed by atoms with Crippen molar-refractivity contribution in [2.45, 2.75) is 17.4 Å². The van der Waals surface area contributed by atoms with Crippen molar-refractivity contribution in [3.05, 3.63) is 29.0 Å². The highest BCUT2D eigenvalue weighted by Gasteiger charge is 2.28. The Labute approximate surface area is 115 Å². The highest BCUT2D eigenvalue weighted by Crippen LogP contribution is 2.20. The Morgan fingerprint density at radius 3 is 2.89 bits per heavy atom. The fourth-order valence-corrected chi connectivity index (χ4v) is 3.52. The van der Waals surface area contributed by atoms with Gasteiger partial charge in [0.05, 0.1) is 0 Å². The normalized spacial score (nSPS) is 19.4. The SMILES string of the molecule is N#CN1CCC(NS(=O)(=O)c2cc(Cl)ccc2F)C1. The summed E-state index contributed by atoms with van der Waals surface area (Å²) < 4.78 is 40.0. The van der Waals surface area contributed by atoms with Gasteiger partial charge in [-0.3, -0.25) is 0 Å². The molecule has 1 N–H and O–H groups in total. The van der Waals surface area contributed by atoms with Gasteiger partial charge in [-0.1, -0.05) is 11.6 Å². The maximum atomic E-state index is 13.5. The molecule has 1 atom stereocenters. The molecule has 0 saturated carbocycles. The van der Waals surface area contributed by atoms with Crippen molar-refractivity contribution in [2.24, 2.45) is 0 Å². The first-order valence-corrected chi connectivity index (χ1v) is 7.40. The minimum atomic E-state index is -3.97. The van der Waals surface area contributed by atoms with E-state index < -0.39 is 26.8 Å². The molecule has 0 aliphatic carbocycles. The van der Waals surface area contributed by atoms with Crippen LogP contribution in [0.2, 0.25) is 5.02 Å². The Morgan fingerprint density at radius 1 is 1.53 bits per heavy atom. The van der Waals surface area contributed by atoms with Crippen LogP contribution >= 0.6 is 11.6 Å². The second kappa shape index (κ2) is 5.33. The smallest absolute Gasteiger partial charge is 0.243 e. The summed E-state index contributed by atoms with van der Waals surface area (Å²) in [5.74, 6) is -0.855. The van der Waals surface area contributed by atoms with Gasteiger partial charge in [-0.25, -0.2) is 17.5 Å². The lowest BCUT2D eigenvalue weighted by Gasteiger charge is -2.13. The van der Waals surface area contributed by atoms with Gasteiger partial charge in [-0.05, 0) is 24.6 Å². The van der Waals surface area contributed by atoms with Crippen LogP contribution in [0.4, 0.5) is 4.39 Å². The van der Waals surface area contributed by atoms with Crippen molar-refractivity contribution in [2.75, 3.05) is 13.1 Å². The third-order valence-corrected chi connectivity index (χ3v) is 4.60. The van der Waals surface area contributed by atoms with Crippen LogP contribution < -0.4 is 4.72 Å². The van der Waals surface area contributed by atoms with Gasteiger partial charge in [0, 0.05) is 24.2 Å². The number of hydrogen-bond acceptors (Lipinski definition) is 4. The standard InChI is InChI=1S/C11H11ClFN3O2S/c12-8-1-2-10(13)11(5-8)19(17,18)15-9-3-4-16(6-9)7-14/h1-2,5,9,15H,3-4,6H2. The lowest BCUT2D eigenvalue weighted by Crippen LogP contribution is -2.36. The first-order valence-electron chi connectivity index (χ1n) is 5.54. The van der Waals surface area contributed by atoms with E-state index in [2.05, 4.69) is 4.72 Å². The summed E-state index contributed by atoms with van der Waals surface area (Å²) in [5, 5.41) is 8.85. The molecule has 8 heteroatoms. The van der Waals surface area contributed by atoms with Gasteiger partial charge >= 0.3 is 0 Å². The minimum Gasteiger partial charge on any atom is -0.309 e.